The number of carbonyl (C=O) groups excluding carboxylic acids is 1. The van der Waals surface area contributed by atoms with Crippen molar-refractivity contribution in [1.29, 1.82) is 0 Å². The smallest absolute Gasteiger partial charge is 0.335 e. The highest BCUT2D eigenvalue weighted by atomic mass is 16.4. The molecule has 17 heavy (non-hydrogen) atoms. The summed E-state index contributed by atoms with van der Waals surface area (Å²) < 4.78 is 0. The third-order valence-corrected chi connectivity index (χ3v) is 2.00. The monoisotopic (exact) mass is 234 g/mol. The third-order valence-electron chi connectivity index (χ3n) is 2.00. The summed E-state index contributed by atoms with van der Waals surface area (Å²) in [7, 11) is 0. The number of carboxylic acids is 1. The van der Waals surface area contributed by atoms with E-state index in [0.717, 1.165) is 0 Å². The van der Waals surface area contributed by atoms with E-state index in [2.05, 4.69) is 5.32 Å². The molecule has 0 bridgehead atoms. The van der Waals surface area contributed by atoms with Crippen LogP contribution in [0.1, 0.15) is 22.8 Å². The number of hydrogen-bond acceptors (Lipinski definition) is 3. The highest BCUT2D eigenvalue weighted by molar-refractivity contribution is 5.89. The predicted octanol–water partition coefficient (Wildman–Crippen LogP) is 1.12. The van der Waals surface area contributed by atoms with Crippen molar-refractivity contribution in [1.82, 2.24) is 5.32 Å². The molecule has 0 saturated heterocycles. The number of anilines is 1. The molecular weight excluding hydrogens is 220 g/mol. The second-order valence-electron chi connectivity index (χ2n) is 3.53. The molecule has 1 rings (SSSR count). The van der Waals surface area contributed by atoms with Crippen LogP contribution < -0.4 is 11.1 Å². The number of nitrogens with two attached hydrogens (primary N) is 1. The normalized spacial score (nSPS) is 10.4. The molecule has 0 aromatic heterocycles. The Balaban J connectivity index is 2.77. The lowest BCUT2D eigenvalue weighted by Crippen LogP contribution is -2.19. The van der Waals surface area contributed by atoms with Gasteiger partial charge in [0, 0.05) is 19.2 Å². The maximum atomic E-state index is 10.8. The molecule has 90 valence electrons. The van der Waals surface area contributed by atoms with E-state index in [1.807, 2.05) is 0 Å². The Kier molecular flexibility index (Phi) is 4.28. The fourth-order valence-electron chi connectivity index (χ4n) is 1.29. The van der Waals surface area contributed by atoms with E-state index in [4.69, 9.17) is 10.8 Å². The van der Waals surface area contributed by atoms with E-state index in [1.54, 1.807) is 18.2 Å². The van der Waals surface area contributed by atoms with Gasteiger partial charge in [0.1, 0.15) is 0 Å². The molecule has 5 heteroatoms. The van der Waals surface area contributed by atoms with Gasteiger partial charge in [-0.15, -0.1) is 0 Å². The molecule has 1 aromatic carbocycles. The zero-order valence-corrected chi connectivity index (χ0v) is 9.43. The number of hydrogen-bond donors (Lipinski definition) is 3. The number of amides is 1. The van der Waals surface area contributed by atoms with Gasteiger partial charge in [-0.2, -0.15) is 0 Å². The largest absolute Gasteiger partial charge is 0.478 e. The van der Waals surface area contributed by atoms with E-state index < -0.39 is 5.97 Å². The minimum atomic E-state index is -1.02. The molecule has 0 aliphatic carbocycles. The Morgan fingerprint density at radius 3 is 2.71 bits per heavy atom. The Labute approximate surface area is 98.9 Å². The van der Waals surface area contributed by atoms with Crippen molar-refractivity contribution in [3.63, 3.8) is 0 Å². The summed E-state index contributed by atoms with van der Waals surface area (Å²) in [6.45, 7) is 1.82. The number of nitrogen functional groups attached to an aromatic ring is 1. The lowest BCUT2D eigenvalue weighted by atomic mass is 10.1. The number of carboxylic acid groups (broad SMARTS) is 1. The van der Waals surface area contributed by atoms with Crippen LogP contribution in [-0.2, 0) is 4.79 Å². The average molecular weight is 234 g/mol. The topological polar surface area (TPSA) is 92.4 Å². The molecule has 5 nitrogen and oxygen atoms in total. The number of carbonyl (C=O) groups is 2. The quantitative estimate of drug-likeness (QED) is 0.680. The fourth-order valence-corrected chi connectivity index (χ4v) is 1.29. The molecule has 0 saturated carbocycles. The first-order chi connectivity index (χ1) is 7.99. The molecule has 0 spiro atoms. The molecular formula is C12H14N2O3. The van der Waals surface area contributed by atoms with Crippen LogP contribution in [0.25, 0.3) is 6.08 Å². The molecule has 0 heterocycles. The van der Waals surface area contributed by atoms with Crippen LogP contribution in [0.3, 0.4) is 0 Å². The van der Waals surface area contributed by atoms with E-state index >= 15 is 0 Å². The van der Waals surface area contributed by atoms with E-state index in [9.17, 15) is 9.59 Å². The molecule has 0 fully saturated rings. The minimum absolute atomic E-state index is 0.117. The van der Waals surface area contributed by atoms with Crippen LogP contribution in [0.5, 0.6) is 0 Å². The highest BCUT2D eigenvalue weighted by Crippen LogP contribution is 2.13. The maximum absolute atomic E-state index is 10.8. The summed E-state index contributed by atoms with van der Waals surface area (Å²) in [6, 6.07) is 4.58. The van der Waals surface area contributed by atoms with E-state index in [1.165, 1.54) is 19.1 Å². The minimum Gasteiger partial charge on any atom is -0.478 e. The summed E-state index contributed by atoms with van der Waals surface area (Å²) in [5.74, 6) is -1.14. The molecule has 1 amide bonds. The van der Waals surface area contributed by atoms with Crippen LogP contribution in [0, 0.1) is 0 Å². The van der Waals surface area contributed by atoms with Crippen LogP contribution in [0.4, 0.5) is 5.69 Å². The van der Waals surface area contributed by atoms with Gasteiger partial charge in [-0.25, -0.2) is 4.79 Å². The van der Waals surface area contributed by atoms with Gasteiger partial charge < -0.3 is 16.2 Å². The van der Waals surface area contributed by atoms with Gasteiger partial charge in [0.2, 0.25) is 5.91 Å². The van der Waals surface area contributed by atoms with E-state index in [-0.39, 0.29) is 11.5 Å². The van der Waals surface area contributed by atoms with Crippen LogP contribution in [-0.4, -0.2) is 23.5 Å². The van der Waals surface area contributed by atoms with Crippen molar-refractivity contribution >= 4 is 23.6 Å². The summed E-state index contributed by atoms with van der Waals surface area (Å²) in [6.07, 6.45) is 3.43. The Morgan fingerprint density at radius 1 is 1.41 bits per heavy atom. The number of aromatic carboxylic acids is 1. The molecule has 0 atom stereocenters. The Hall–Kier alpha value is -2.30. The van der Waals surface area contributed by atoms with Crippen LogP contribution in [0.2, 0.25) is 0 Å². The third kappa shape index (κ3) is 4.38. The second kappa shape index (κ2) is 5.69. The Morgan fingerprint density at radius 2 is 2.12 bits per heavy atom. The van der Waals surface area contributed by atoms with Gasteiger partial charge in [-0.05, 0) is 23.8 Å². The SMILES string of the molecule is CC(=O)NCC=Cc1cc(N)cc(C(=O)O)c1. The maximum Gasteiger partial charge on any atom is 0.335 e. The highest BCUT2D eigenvalue weighted by Gasteiger charge is 2.03. The van der Waals surface area contributed by atoms with Gasteiger partial charge >= 0.3 is 5.97 Å². The van der Waals surface area contributed by atoms with Gasteiger partial charge in [-0.3, -0.25) is 4.79 Å². The molecule has 0 aliphatic rings. The first kappa shape index (κ1) is 12.8. The van der Waals surface area contributed by atoms with Crippen LogP contribution in [0.15, 0.2) is 24.3 Å². The second-order valence-corrected chi connectivity index (χ2v) is 3.53. The predicted molar refractivity (Wildman–Crippen MR) is 65.5 cm³/mol. The number of rotatable bonds is 4. The lowest BCUT2D eigenvalue weighted by Gasteiger charge is -2.01. The van der Waals surface area contributed by atoms with Crippen molar-refractivity contribution in [3.05, 3.63) is 35.4 Å². The van der Waals surface area contributed by atoms with E-state index in [0.29, 0.717) is 17.8 Å². The van der Waals surface area contributed by atoms with Gasteiger partial charge in [-0.1, -0.05) is 12.2 Å². The fraction of sp³-hybridized carbons (Fsp3) is 0.167. The van der Waals surface area contributed by atoms with Gasteiger partial charge in [0.15, 0.2) is 0 Å². The average Bonchev–Trinajstić information content (AvgIpc) is 2.23. The first-order valence-electron chi connectivity index (χ1n) is 5.04. The van der Waals surface area contributed by atoms with Crippen molar-refractivity contribution in [2.75, 3.05) is 12.3 Å². The summed E-state index contributed by atoms with van der Waals surface area (Å²) in [4.78, 5) is 21.4. The number of nitrogens with one attached hydrogen (secondary N) is 1. The molecule has 4 N–H and O–H groups in total. The molecule has 1 aromatic rings. The van der Waals surface area contributed by atoms with Crippen molar-refractivity contribution in [3.8, 4) is 0 Å². The van der Waals surface area contributed by atoms with Crippen molar-refractivity contribution < 1.29 is 14.7 Å². The summed E-state index contributed by atoms with van der Waals surface area (Å²) >= 11 is 0. The zero-order chi connectivity index (χ0) is 12.8. The van der Waals surface area contributed by atoms with Crippen molar-refractivity contribution in [2.24, 2.45) is 0 Å². The summed E-state index contributed by atoms with van der Waals surface area (Å²) in [5.41, 5.74) is 6.81. The zero-order valence-electron chi connectivity index (χ0n) is 9.43. The number of benzene rings is 1. The molecule has 0 radical (unpaired) electrons. The molecule has 0 unspecified atom stereocenters. The standard InChI is InChI=1S/C12H14N2O3/c1-8(15)14-4-2-3-9-5-10(12(16)17)7-11(13)6-9/h2-3,5-7H,4,13H2,1H3,(H,14,15)(H,16,17). The summed E-state index contributed by atoms with van der Waals surface area (Å²) in [5, 5.41) is 11.4. The lowest BCUT2D eigenvalue weighted by molar-refractivity contribution is -0.118. The van der Waals surface area contributed by atoms with Gasteiger partial charge in [0.25, 0.3) is 0 Å². The van der Waals surface area contributed by atoms with Crippen LogP contribution >= 0.6 is 0 Å². The van der Waals surface area contributed by atoms with Crippen molar-refractivity contribution in [2.45, 2.75) is 6.92 Å². The van der Waals surface area contributed by atoms with Gasteiger partial charge in [0.05, 0.1) is 5.56 Å². The Bertz CT molecular complexity index is 467. The first-order valence-corrected chi connectivity index (χ1v) is 5.04. The molecule has 0 aliphatic heterocycles.